The molecular weight excluding hydrogens is 314 g/mol. The first-order chi connectivity index (χ1) is 12.1. The molecule has 0 aromatic heterocycles. The highest BCUT2D eigenvalue weighted by Gasteiger charge is 2.12. The Morgan fingerprint density at radius 1 is 0.960 bits per heavy atom. The predicted octanol–water partition coefficient (Wildman–Crippen LogP) is 4.13. The Kier molecular flexibility index (Phi) is 7.20. The zero-order valence-corrected chi connectivity index (χ0v) is 14.9. The fourth-order valence-electron chi connectivity index (χ4n) is 2.78. The molecule has 2 rings (SSSR count). The standard InChI is InChI=1S/C21H25NO3/c1-16-18(17-10-5-3-6-11-17)12-9-13-19(16)21(24)22-15-8-4-7-14-20(23)25-2/h3,5-6,9-13H,4,7-8,14-15H2,1-2H3,(H,22,24). The maximum atomic E-state index is 12.5. The van der Waals surface area contributed by atoms with Crippen LogP contribution in [0.25, 0.3) is 11.1 Å². The molecule has 0 radical (unpaired) electrons. The summed E-state index contributed by atoms with van der Waals surface area (Å²) in [7, 11) is 1.40. The Bertz CT molecular complexity index is 710. The molecule has 132 valence electrons. The minimum Gasteiger partial charge on any atom is -0.469 e. The first kappa shape index (κ1) is 18.7. The van der Waals surface area contributed by atoms with E-state index in [1.807, 2.05) is 55.5 Å². The monoisotopic (exact) mass is 339 g/mol. The van der Waals surface area contributed by atoms with E-state index in [0.717, 1.165) is 36.0 Å². The van der Waals surface area contributed by atoms with Gasteiger partial charge in [0.25, 0.3) is 5.91 Å². The van der Waals surface area contributed by atoms with Crippen molar-refractivity contribution < 1.29 is 14.3 Å². The van der Waals surface area contributed by atoms with Gasteiger partial charge < -0.3 is 10.1 Å². The summed E-state index contributed by atoms with van der Waals surface area (Å²) in [6.07, 6.45) is 2.95. The molecule has 0 aliphatic carbocycles. The van der Waals surface area contributed by atoms with Gasteiger partial charge in [-0.3, -0.25) is 9.59 Å². The fourth-order valence-corrected chi connectivity index (χ4v) is 2.78. The topological polar surface area (TPSA) is 55.4 Å². The first-order valence-electron chi connectivity index (χ1n) is 8.63. The summed E-state index contributed by atoms with van der Waals surface area (Å²) in [5.74, 6) is -0.236. The second kappa shape index (κ2) is 9.62. The molecule has 4 nitrogen and oxygen atoms in total. The second-order valence-corrected chi connectivity index (χ2v) is 5.99. The average molecular weight is 339 g/mol. The number of carbonyl (C=O) groups excluding carboxylic acids is 2. The van der Waals surface area contributed by atoms with Crippen molar-refractivity contribution in [1.29, 1.82) is 0 Å². The SMILES string of the molecule is COC(=O)CCCCCNC(=O)c1cccc(-c2ccccc2)c1C. The minimum absolute atomic E-state index is 0.0525. The van der Waals surface area contributed by atoms with Gasteiger partial charge >= 0.3 is 5.97 Å². The van der Waals surface area contributed by atoms with E-state index in [9.17, 15) is 9.59 Å². The Morgan fingerprint density at radius 2 is 1.72 bits per heavy atom. The van der Waals surface area contributed by atoms with Crippen molar-refractivity contribution in [3.8, 4) is 11.1 Å². The molecule has 0 spiro atoms. The summed E-state index contributed by atoms with van der Waals surface area (Å²) >= 11 is 0. The quantitative estimate of drug-likeness (QED) is 0.581. The lowest BCUT2D eigenvalue weighted by atomic mass is 9.96. The van der Waals surface area contributed by atoms with E-state index in [1.54, 1.807) is 0 Å². The van der Waals surface area contributed by atoms with Crippen molar-refractivity contribution in [2.45, 2.75) is 32.6 Å². The Labute approximate surface area is 149 Å². The number of hydrogen-bond donors (Lipinski definition) is 1. The number of carbonyl (C=O) groups is 2. The number of esters is 1. The van der Waals surface area contributed by atoms with Crippen molar-refractivity contribution in [3.63, 3.8) is 0 Å². The summed E-state index contributed by atoms with van der Waals surface area (Å²) in [5, 5.41) is 2.97. The van der Waals surface area contributed by atoms with Gasteiger partial charge in [-0.2, -0.15) is 0 Å². The highest BCUT2D eigenvalue weighted by atomic mass is 16.5. The first-order valence-corrected chi connectivity index (χ1v) is 8.63. The van der Waals surface area contributed by atoms with Crippen molar-refractivity contribution in [3.05, 3.63) is 59.7 Å². The molecule has 0 atom stereocenters. The number of nitrogens with one attached hydrogen (secondary N) is 1. The number of hydrogen-bond acceptors (Lipinski definition) is 3. The van der Waals surface area contributed by atoms with E-state index in [1.165, 1.54) is 7.11 Å². The molecule has 0 aliphatic rings. The number of rotatable bonds is 8. The third-order valence-electron chi connectivity index (χ3n) is 4.23. The van der Waals surface area contributed by atoms with Crippen LogP contribution in [-0.2, 0) is 9.53 Å². The molecular formula is C21H25NO3. The van der Waals surface area contributed by atoms with Crippen molar-refractivity contribution >= 4 is 11.9 Å². The molecule has 0 aliphatic heterocycles. The number of ether oxygens (including phenoxy) is 1. The minimum atomic E-state index is -0.183. The van der Waals surface area contributed by atoms with Gasteiger partial charge in [0.15, 0.2) is 0 Å². The van der Waals surface area contributed by atoms with Gasteiger partial charge in [0.2, 0.25) is 0 Å². The van der Waals surface area contributed by atoms with Crippen LogP contribution in [0.5, 0.6) is 0 Å². The molecule has 4 heteroatoms. The van der Waals surface area contributed by atoms with Crippen LogP contribution in [0.3, 0.4) is 0 Å². The number of amides is 1. The van der Waals surface area contributed by atoms with Crippen LogP contribution in [0.15, 0.2) is 48.5 Å². The third kappa shape index (κ3) is 5.45. The lowest BCUT2D eigenvalue weighted by Crippen LogP contribution is -2.25. The van der Waals surface area contributed by atoms with Gasteiger partial charge in [-0.25, -0.2) is 0 Å². The van der Waals surface area contributed by atoms with E-state index in [4.69, 9.17) is 0 Å². The van der Waals surface area contributed by atoms with Crippen LogP contribution in [0.1, 0.15) is 41.6 Å². The maximum Gasteiger partial charge on any atom is 0.305 e. The Morgan fingerprint density at radius 3 is 2.44 bits per heavy atom. The second-order valence-electron chi connectivity index (χ2n) is 5.99. The summed E-state index contributed by atoms with van der Waals surface area (Å²) in [6.45, 7) is 2.59. The van der Waals surface area contributed by atoms with E-state index >= 15 is 0 Å². The van der Waals surface area contributed by atoms with E-state index in [0.29, 0.717) is 18.5 Å². The number of unbranched alkanes of at least 4 members (excludes halogenated alkanes) is 2. The van der Waals surface area contributed by atoms with Crippen LogP contribution < -0.4 is 5.32 Å². The molecule has 1 amide bonds. The molecule has 0 saturated heterocycles. The van der Waals surface area contributed by atoms with Crippen molar-refractivity contribution in [1.82, 2.24) is 5.32 Å². The molecule has 0 bridgehead atoms. The molecule has 1 N–H and O–H groups in total. The van der Waals surface area contributed by atoms with Gasteiger partial charge in [-0.1, -0.05) is 48.9 Å². The highest BCUT2D eigenvalue weighted by molar-refractivity contribution is 5.97. The molecule has 25 heavy (non-hydrogen) atoms. The average Bonchev–Trinajstić information content (AvgIpc) is 2.65. The fraction of sp³-hybridized carbons (Fsp3) is 0.333. The van der Waals surface area contributed by atoms with Crippen molar-refractivity contribution in [2.24, 2.45) is 0 Å². The van der Waals surface area contributed by atoms with E-state index < -0.39 is 0 Å². The molecule has 2 aromatic rings. The summed E-state index contributed by atoms with van der Waals surface area (Å²) in [6, 6.07) is 15.9. The Balaban J connectivity index is 1.89. The predicted molar refractivity (Wildman–Crippen MR) is 99.4 cm³/mol. The summed E-state index contributed by atoms with van der Waals surface area (Å²) in [4.78, 5) is 23.5. The third-order valence-corrected chi connectivity index (χ3v) is 4.23. The molecule has 0 unspecified atom stereocenters. The normalized spacial score (nSPS) is 10.3. The summed E-state index contributed by atoms with van der Waals surface area (Å²) in [5.41, 5.74) is 3.87. The lowest BCUT2D eigenvalue weighted by Gasteiger charge is -2.12. The molecule has 0 heterocycles. The maximum absolute atomic E-state index is 12.5. The largest absolute Gasteiger partial charge is 0.469 e. The van der Waals surface area contributed by atoms with Crippen molar-refractivity contribution in [2.75, 3.05) is 13.7 Å². The summed E-state index contributed by atoms with van der Waals surface area (Å²) < 4.78 is 4.60. The van der Waals surface area contributed by atoms with Crippen LogP contribution in [0.2, 0.25) is 0 Å². The van der Waals surface area contributed by atoms with Crippen LogP contribution in [0.4, 0.5) is 0 Å². The number of methoxy groups -OCH3 is 1. The zero-order valence-electron chi connectivity index (χ0n) is 14.9. The number of benzene rings is 2. The molecule has 2 aromatic carbocycles. The Hall–Kier alpha value is -2.62. The van der Waals surface area contributed by atoms with E-state index in [-0.39, 0.29) is 11.9 Å². The van der Waals surface area contributed by atoms with Crippen LogP contribution in [0, 0.1) is 6.92 Å². The highest BCUT2D eigenvalue weighted by Crippen LogP contribution is 2.25. The van der Waals surface area contributed by atoms with Gasteiger partial charge in [-0.15, -0.1) is 0 Å². The lowest BCUT2D eigenvalue weighted by molar-refractivity contribution is -0.140. The van der Waals surface area contributed by atoms with Crippen LogP contribution >= 0.6 is 0 Å². The van der Waals surface area contributed by atoms with Gasteiger partial charge in [0.1, 0.15) is 0 Å². The van der Waals surface area contributed by atoms with Gasteiger partial charge in [-0.05, 0) is 42.5 Å². The molecule has 0 saturated carbocycles. The van der Waals surface area contributed by atoms with Gasteiger partial charge in [0.05, 0.1) is 7.11 Å². The van der Waals surface area contributed by atoms with E-state index in [2.05, 4.69) is 10.1 Å². The van der Waals surface area contributed by atoms with Crippen LogP contribution in [-0.4, -0.2) is 25.5 Å². The zero-order chi connectivity index (χ0) is 18.1. The van der Waals surface area contributed by atoms with Gasteiger partial charge in [0, 0.05) is 18.5 Å². The molecule has 0 fully saturated rings. The smallest absolute Gasteiger partial charge is 0.305 e.